The minimum atomic E-state index is -0.323. The normalized spacial score (nSPS) is 9.86. The van der Waals surface area contributed by atoms with Crippen LogP contribution in [-0.2, 0) is 0 Å². The Morgan fingerprint density at radius 1 is 1.43 bits per heavy atom. The van der Waals surface area contributed by atoms with Gasteiger partial charge in [-0.1, -0.05) is 11.8 Å². The van der Waals surface area contributed by atoms with Crippen molar-refractivity contribution < 1.29 is 14.3 Å². The standard InChI is InChI=1S/C16H14ClNO3/c1-11-10-12(4-2-3-8-19)5-6-14(11)18-16(20)13-7-9-21-15(13)17/h5-7,9-10,19H,3,8H2,1H3,(H,18,20). The third kappa shape index (κ3) is 3.88. The number of anilines is 1. The van der Waals surface area contributed by atoms with E-state index in [4.69, 9.17) is 21.1 Å². The van der Waals surface area contributed by atoms with Crippen LogP contribution in [0.5, 0.6) is 0 Å². The van der Waals surface area contributed by atoms with Gasteiger partial charge in [0.1, 0.15) is 0 Å². The molecule has 2 rings (SSSR count). The minimum Gasteiger partial charge on any atom is -0.452 e. The third-order valence-electron chi connectivity index (χ3n) is 2.81. The molecule has 2 N–H and O–H groups in total. The van der Waals surface area contributed by atoms with Crippen LogP contribution in [0.15, 0.2) is 34.9 Å². The zero-order chi connectivity index (χ0) is 15.2. The van der Waals surface area contributed by atoms with Crippen LogP contribution in [0.4, 0.5) is 5.69 Å². The maximum atomic E-state index is 12.0. The molecule has 0 aliphatic heterocycles. The van der Waals surface area contributed by atoms with E-state index < -0.39 is 0 Å². The predicted octanol–water partition coefficient (Wildman–Crippen LogP) is 3.23. The zero-order valence-corrected chi connectivity index (χ0v) is 12.2. The second-order valence-corrected chi connectivity index (χ2v) is 4.71. The summed E-state index contributed by atoms with van der Waals surface area (Å²) in [5.74, 6) is 5.47. The molecule has 1 aromatic heterocycles. The first kappa shape index (κ1) is 15.2. The van der Waals surface area contributed by atoms with Gasteiger partial charge in [-0.3, -0.25) is 4.79 Å². The first-order valence-electron chi connectivity index (χ1n) is 6.36. The average molecular weight is 304 g/mol. The molecule has 1 aromatic carbocycles. The highest BCUT2D eigenvalue weighted by molar-refractivity contribution is 6.32. The van der Waals surface area contributed by atoms with Crippen LogP contribution in [0.25, 0.3) is 0 Å². The quantitative estimate of drug-likeness (QED) is 0.856. The Morgan fingerprint density at radius 2 is 2.24 bits per heavy atom. The molecular weight excluding hydrogens is 290 g/mol. The van der Waals surface area contributed by atoms with Crippen LogP contribution < -0.4 is 5.32 Å². The van der Waals surface area contributed by atoms with Gasteiger partial charge in [0.25, 0.3) is 5.91 Å². The lowest BCUT2D eigenvalue weighted by atomic mass is 10.1. The Hall–Kier alpha value is -2.22. The molecule has 1 heterocycles. The van der Waals surface area contributed by atoms with Crippen molar-refractivity contribution in [2.45, 2.75) is 13.3 Å². The van der Waals surface area contributed by atoms with Gasteiger partial charge in [-0.25, -0.2) is 0 Å². The number of nitrogens with one attached hydrogen (secondary N) is 1. The Morgan fingerprint density at radius 3 is 2.86 bits per heavy atom. The maximum absolute atomic E-state index is 12.0. The van der Waals surface area contributed by atoms with E-state index in [1.165, 1.54) is 12.3 Å². The number of aliphatic hydroxyl groups excluding tert-OH is 1. The van der Waals surface area contributed by atoms with Crippen molar-refractivity contribution in [1.29, 1.82) is 0 Å². The Balaban J connectivity index is 2.13. The maximum Gasteiger partial charge on any atom is 0.260 e. The molecule has 0 saturated heterocycles. The lowest BCUT2D eigenvalue weighted by molar-refractivity contribution is 0.102. The van der Waals surface area contributed by atoms with Gasteiger partial charge >= 0.3 is 0 Å². The number of amides is 1. The summed E-state index contributed by atoms with van der Waals surface area (Å²) in [6.45, 7) is 1.93. The molecule has 0 atom stereocenters. The van der Waals surface area contributed by atoms with Crippen molar-refractivity contribution >= 4 is 23.2 Å². The highest BCUT2D eigenvalue weighted by atomic mass is 35.5. The average Bonchev–Trinajstić information content (AvgIpc) is 2.88. The van der Waals surface area contributed by atoms with Crippen LogP contribution in [0, 0.1) is 18.8 Å². The molecule has 5 heteroatoms. The predicted molar refractivity (Wildman–Crippen MR) is 81.4 cm³/mol. The molecule has 0 unspecified atom stereocenters. The second-order valence-electron chi connectivity index (χ2n) is 4.37. The van der Waals surface area contributed by atoms with Crippen LogP contribution in [0.3, 0.4) is 0 Å². The van der Waals surface area contributed by atoms with Gasteiger partial charge in [0.05, 0.1) is 18.4 Å². The van der Waals surface area contributed by atoms with E-state index in [2.05, 4.69) is 17.2 Å². The summed E-state index contributed by atoms with van der Waals surface area (Å²) in [5, 5.41) is 11.5. The summed E-state index contributed by atoms with van der Waals surface area (Å²) in [7, 11) is 0. The molecule has 1 amide bonds. The zero-order valence-electron chi connectivity index (χ0n) is 11.4. The molecule has 0 fully saturated rings. The number of carbonyl (C=O) groups is 1. The molecule has 0 spiro atoms. The number of hydrogen-bond acceptors (Lipinski definition) is 3. The van der Waals surface area contributed by atoms with E-state index in [1.54, 1.807) is 6.07 Å². The summed E-state index contributed by atoms with van der Waals surface area (Å²) < 4.78 is 4.89. The second kappa shape index (κ2) is 6.98. The molecule has 0 radical (unpaired) electrons. The largest absolute Gasteiger partial charge is 0.452 e. The van der Waals surface area contributed by atoms with Crippen molar-refractivity contribution in [1.82, 2.24) is 0 Å². The van der Waals surface area contributed by atoms with Crippen molar-refractivity contribution in [3.8, 4) is 11.8 Å². The number of aliphatic hydroxyl groups is 1. The Labute approximate surface area is 127 Å². The van der Waals surface area contributed by atoms with E-state index in [9.17, 15) is 4.79 Å². The lowest BCUT2D eigenvalue weighted by Crippen LogP contribution is -2.12. The fourth-order valence-corrected chi connectivity index (χ4v) is 1.95. The van der Waals surface area contributed by atoms with E-state index in [-0.39, 0.29) is 17.7 Å². The smallest absolute Gasteiger partial charge is 0.260 e. The lowest BCUT2D eigenvalue weighted by Gasteiger charge is -2.08. The van der Waals surface area contributed by atoms with Gasteiger partial charge in [-0.2, -0.15) is 0 Å². The molecular formula is C16H14ClNO3. The summed E-state index contributed by atoms with van der Waals surface area (Å²) in [4.78, 5) is 12.0. The van der Waals surface area contributed by atoms with E-state index in [0.29, 0.717) is 17.7 Å². The van der Waals surface area contributed by atoms with Crippen LogP contribution >= 0.6 is 11.6 Å². The Kier molecular flexibility index (Phi) is 5.04. The number of rotatable bonds is 3. The number of carbonyl (C=O) groups excluding carboxylic acids is 1. The number of benzene rings is 1. The van der Waals surface area contributed by atoms with Crippen molar-refractivity contribution in [3.05, 3.63) is 52.4 Å². The summed E-state index contributed by atoms with van der Waals surface area (Å²) in [5.41, 5.74) is 2.70. The number of hydrogen-bond donors (Lipinski definition) is 2. The SMILES string of the molecule is Cc1cc(C#CCCO)ccc1NC(=O)c1ccoc1Cl. The summed E-state index contributed by atoms with van der Waals surface area (Å²) in [6, 6.07) is 6.98. The molecule has 0 aliphatic rings. The van der Waals surface area contributed by atoms with Gasteiger partial charge in [0, 0.05) is 17.7 Å². The van der Waals surface area contributed by atoms with Gasteiger partial charge < -0.3 is 14.8 Å². The van der Waals surface area contributed by atoms with Crippen LogP contribution in [0.1, 0.15) is 27.9 Å². The van der Waals surface area contributed by atoms with E-state index >= 15 is 0 Å². The molecule has 0 aliphatic carbocycles. The summed E-state index contributed by atoms with van der Waals surface area (Å²) in [6.07, 6.45) is 1.81. The topological polar surface area (TPSA) is 62.5 Å². The number of halogens is 1. The van der Waals surface area contributed by atoms with Gasteiger partial charge in [0.15, 0.2) is 0 Å². The number of aryl methyl sites for hydroxylation is 1. The fraction of sp³-hybridized carbons (Fsp3) is 0.188. The third-order valence-corrected chi connectivity index (χ3v) is 3.10. The minimum absolute atomic E-state index is 0.0472. The van der Waals surface area contributed by atoms with Crippen LogP contribution in [0.2, 0.25) is 5.22 Å². The van der Waals surface area contributed by atoms with Gasteiger partial charge in [-0.05, 0) is 48.4 Å². The Bertz CT molecular complexity index is 710. The molecule has 21 heavy (non-hydrogen) atoms. The molecule has 0 saturated carbocycles. The fourth-order valence-electron chi connectivity index (χ4n) is 1.75. The van der Waals surface area contributed by atoms with Crippen molar-refractivity contribution in [3.63, 3.8) is 0 Å². The van der Waals surface area contributed by atoms with E-state index in [1.807, 2.05) is 19.1 Å². The van der Waals surface area contributed by atoms with Crippen molar-refractivity contribution in [2.24, 2.45) is 0 Å². The first-order valence-corrected chi connectivity index (χ1v) is 6.74. The number of furan rings is 1. The van der Waals surface area contributed by atoms with Gasteiger partial charge in [-0.15, -0.1) is 0 Å². The highest BCUT2D eigenvalue weighted by Crippen LogP contribution is 2.21. The van der Waals surface area contributed by atoms with Crippen LogP contribution in [-0.4, -0.2) is 17.6 Å². The molecule has 108 valence electrons. The first-order chi connectivity index (χ1) is 10.1. The molecule has 0 bridgehead atoms. The van der Waals surface area contributed by atoms with Crippen molar-refractivity contribution in [2.75, 3.05) is 11.9 Å². The van der Waals surface area contributed by atoms with Gasteiger partial charge in [0.2, 0.25) is 5.22 Å². The summed E-state index contributed by atoms with van der Waals surface area (Å²) >= 11 is 5.77. The van der Waals surface area contributed by atoms with E-state index in [0.717, 1.165) is 11.1 Å². The monoisotopic (exact) mass is 303 g/mol. The molecule has 4 nitrogen and oxygen atoms in total. The molecule has 2 aromatic rings. The highest BCUT2D eigenvalue weighted by Gasteiger charge is 2.13.